The Hall–Kier alpha value is -1.68. The third-order valence-corrected chi connectivity index (χ3v) is 2.55. The van der Waals surface area contributed by atoms with E-state index in [0.29, 0.717) is 12.1 Å². The van der Waals surface area contributed by atoms with Crippen LogP contribution in [-0.4, -0.2) is 17.0 Å². The molecule has 1 rings (SSSR count). The minimum atomic E-state index is 0.424. The van der Waals surface area contributed by atoms with E-state index in [9.17, 15) is 0 Å². The summed E-state index contributed by atoms with van der Waals surface area (Å²) in [5, 5.41) is 0. The molecule has 0 aromatic heterocycles. The number of nitrogens with zero attached hydrogens (tertiary/aromatic N) is 1. The van der Waals surface area contributed by atoms with E-state index in [0.717, 1.165) is 11.3 Å². The van der Waals surface area contributed by atoms with Crippen molar-refractivity contribution >= 4 is 0 Å². The molecule has 1 heteroatoms. The highest BCUT2D eigenvalue weighted by atomic mass is 15.2. The van der Waals surface area contributed by atoms with E-state index in [2.05, 4.69) is 51.0 Å². The Labute approximate surface area is 105 Å². The lowest BCUT2D eigenvalue weighted by Gasteiger charge is -2.32. The predicted molar refractivity (Wildman–Crippen MR) is 74.6 cm³/mol. The molecule has 0 unspecified atom stereocenters. The molecule has 0 bridgehead atoms. The lowest BCUT2D eigenvalue weighted by atomic mass is 10.2. The highest BCUT2D eigenvalue weighted by molar-refractivity contribution is 5.39. The lowest BCUT2D eigenvalue weighted by molar-refractivity contribution is 0.242. The molecule has 0 aliphatic rings. The standard InChI is InChI=1S/C16H21N/c1-13(2)17(14(3)4)15(5)11-12-16-9-7-6-8-10-16/h6-10,13-14H,5H2,1-4H3. The molecular weight excluding hydrogens is 206 g/mol. The van der Waals surface area contributed by atoms with Crippen molar-refractivity contribution in [2.75, 3.05) is 0 Å². The van der Waals surface area contributed by atoms with E-state index in [1.807, 2.05) is 30.3 Å². The van der Waals surface area contributed by atoms with Crippen LogP contribution in [-0.2, 0) is 0 Å². The first-order valence-corrected chi connectivity index (χ1v) is 6.06. The van der Waals surface area contributed by atoms with Crippen LogP contribution >= 0.6 is 0 Å². The summed E-state index contributed by atoms with van der Waals surface area (Å²) in [6.45, 7) is 12.7. The molecule has 0 amide bonds. The van der Waals surface area contributed by atoms with Crippen LogP contribution in [0, 0.1) is 11.8 Å². The van der Waals surface area contributed by atoms with Crippen LogP contribution in [0.25, 0.3) is 0 Å². The number of hydrogen-bond acceptors (Lipinski definition) is 1. The Morgan fingerprint density at radius 3 is 2.06 bits per heavy atom. The normalized spacial score (nSPS) is 10.0. The maximum atomic E-state index is 4.06. The van der Waals surface area contributed by atoms with Gasteiger partial charge in [0.15, 0.2) is 0 Å². The summed E-state index contributed by atoms with van der Waals surface area (Å²) in [6, 6.07) is 10.9. The summed E-state index contributed by atoms with van der Waals surface area (Å²) in [4.78, 5) is 2.23. The first kappa shape index (κ1) is 13.4. The highest BCUT2D eigenvalue weighted by Crippen LogP contribution is 2.11. The molecule has 0 saturated carbocycles. The van der Waals surface area contributed by atoms with Crippen molar-refractivity contribution in [3.05, 3.63) is 48.2 Å². The molecule has 1 aromatic rings. The lowest BCUT2D eigenvalue weighted by Crippen LogP contribution is -2.35. The predicted octanol–water partition coefficient (Wildman–Crippen LogP) is 3.67. The zero-order chi connectivity index (χ0) is 12.8. The van der Waals surface area contributed by atoms with Gasteiger partial charge in [0.05, 0.1) is 5.70 Å². The fourth-order valence-electron chi connectivity index (χ4n) is 1.95. The summed E-state index contributed by atoms with van der Waals surface area (Å²) in [7, 11) is 0. The summed E-state index contributed by atoms with van der Waals surface area (Å²) >= 11 is 0. The number of allylic oxidation sites excluding steroid dienone is 1. The molecule has 0 atom stereocenters. The smallest absolute Gasteiger partial charge is 0.0814 e. The number of benzene rings is 1. The molecule has 0 fully saturated rings. The molecule has 0 heterocycles. The van der Waals surface area contributed by atoms with Crippen molar-refractivity contribution in [1.29, 1.82) is 0 Å². The maximum absolute atomic E-state index is 4.06. The van der Waals surface area contributed by atoms with Gasteiger partial charge in [-0.2, -0.15) is 0 Å². The van der Waals surface area contributed by atoms with Crippen molar-refractivity contribution in [2.24, 2.45) is 0 Å². The molecular formula is C16H21N. The Kier molecular flexibility index (Phi) is 4.84. The first-order chi connectivity index (χ1) is 8.02. The average molecular weight is 227 g/mol. The van der Waals surface area contributed by atoms with Gasteiger partial charge in [0.2, 0.25) is 0 Å². The van der Waals surface area contributed by atoms with Crippen molar-refractivity contribution < 1.29 is 0 Å². The SMILES string of the molecule is C=C(C#Cc1ccccc1)N(C(C)C)C(C)C. The Bertz CT molecular complexity index is 410. The van der Waals surface area contributed by atoms with Gasteiger partial charge >= 0.3 is 0 Å². The Morgan fingerprint density at radius 1 is 1.06 bits per heavy atom. The zero-order valence-corrected chi connectivity index (χ0v) is 11.2. The van der Waals surface area contributed by atoms with Crippen molar-refractivity contribution in [3.8, 4) is 11.8 Å². The zero-order valence-electron chi connectivity index (χ0n) is 11.2. The van der Waals surface area contributed by atoms with Crippen LogP contribution in [0.15, 0.2) is 42.6 Å². The number of hydrogen-bond donors (Lipinski definition) is 0. The van der Waals surface area contributed by atoms with Gasteiger partial charge in [0.1, 0.15) is 0 Å². The fraction of sp³-hybridized carbons (Fsp3) is 0.375. The molecule has 0 radical (unpaired) electrons. The van der Waals surface area contributed by atoms with Crippen LogP contribution in [0.5, 0.6) is 0 Å². The van der Waals surface area contributed by atoms with Gasteiger partial charge in [-0.05, 0) is 45.7 Å². The fourth-order valence-corrected chi connectivity index (χ4v) is 1.95. The second-order valence-corrected chi connectivity index (χ2v) is 4.66. The van der Waals surface area contributed by atoms with Gasteiger partial charge in [0, 0.05) is 17.6 Å². The summed E-state index contributed by atoms with van der Waals surface area (Å²) < 4.78 is 0. The van der Waals surface area contributed by atoms with Gasteiger partial charge in [-0.25, -0.2) is 0 Å². The van der Waals surface area contributed by atoms with Crippen molar-refractivity contribution in [3.63, 3.8) is 0 Å². The van der Waals surface area contributed by atoms with E-state index >= 15 is 0 Å². The molecule has 1 nitrogen and oxygen atoms in total. The van der Waals surface area contributed by atoms with E-state index in [4.69, 9.17) is 0 Å². The van der Waals surface area contributed by atoms with Gasteiger partial charge < -0.3 is 4.90 Å². The largest absolute Gasteiger partial charge is 0.360 e. The molecule has 0 spiro atoms. The van der Waals surface area contributed by atoms with Crippen LogP contribution in [0.2, 0.25) is 0 Å². The second-order valence-electron chi connectivity index (χ2n) is 4.66. The quantitative estimate of drug-likeness (QED) is 0.712. The van der Waals surface area contributed by atoms with Crippen molar-refractivity contribution in [1.82, 2.24) is 4.90 Å². The minimum absolute atomic E-state index is 0.424. The summed E-state index contributed by atoms with van der Waals surface area (Å²) in [5.41, 5.74) is 1.92. The minimum Gasteiger partial charge on any atom is -0.360 e. The van der Waals surface area contributed by atoms with E-state index in [1.54, 1.807) is 0 Å². The first-order valence-electron chi connectivity index (χ1n) is 6.06. The molecule has 1 aromatic carbocycles. The summed E-state index contributed by atoms with van der Waals surface area (Å²) in [6.07, 6.45) is 0. The van der Waals surface area contributed by atoms with Gasteiger partial charge in [0.25, 0.3) is 0 Å². The molecule has 0 aliphatic carbocycles. The third kappa shape index (κ3) is 4.00. The van der Waals surface area contributed by atoms with Crippen LogP contribution in [0.1, 0.15) is 33.3 Å². The second kappa shape index (κ2) is 6.15. The van der Waals surface area contributed by atoms with Gasteiger partial charge in [-0.3, -0.25) is 0 Å². The molecule has 0 saturated heterocycles. The average Bonchev–Trinajstić information content (AvgIpc) is 2.27. The molecule has 17 heavy (non-hydrogen) atoms. The third-order valence-electron chi connectivity index (χ3n) is 2.55. The van der Waals surface area contributed by atoms with E-state index < -0.39 is 0 Å². The van der Waals surface area contributed by atoms with Crippen molar-refractivity contribution in [2.45, 2.75) is 39.8 Å². The molecule has 0 aliphatic heterocycles. The highest BCUT2D eigenvalue weighted by Gasteiger charge is 2.13. The van der Waals surface area contributed by atoms with E-state index in [-0.39, 0.29) is 0 Å². The van der Waals surface area contributed by atoms with Gasteiger partial charge in [-0.1, -0.05) is 30.7 Å². The van der Waals surface area contributed by atoms with E-state index in [1.165, 1.54) is 0 Å². The number of rotatable bonds is 3. The van der Waals surface area contributed by atoms with Crippen LogP contribution in [0.4, 0.5) is 0 Å². The molecule has 0 N–H and O–H groups in total. The Balaban J connectivity index is 2.82. The van der Waals surface area contributed by atoms with Crippen LogP contribution in [0.3, 0.4) is 0 Å². The topological polar surface area (TPSA) is 3.24 Å². The monoisotopic (exact) mass is 227 g/mol. The Morgan fingerprint density at radius 2 is 1.59 bits per heavy atom. The van der Waals surface area contributed by atoms with Crippen LogP contribution < -0.4 is 0 Å². The summed E-state index contributed by atoms with van der Waals surface area (Å²) in [5.74, 6) is 6.29. The molecule has 90 valence electrons. The van der Waals surface area contributed by atoms with Gasteiger partial charge in [-0.15, -0.1) is 0 Å². The maximum Gasteiger partial charge on any atom is 0.0814 e.